The summed E-state index contributed by atoms with van der Waals surface area (Å²) in [5.74, 6) is 0.821. The number of hydrogen-bond acceptors (Lipinski definition) is 3. The standard InChI is InChI=1S/C23H29N3O2/c1-5-26(15-18-10-12-20(13-11-18)25(3)4)16-23(27)24-17(2)22-14-19-8-6-7-9-21(19)28-22/h6-14,17H,5,15-16H2,1-4H3,(H,24,27)/p+1/t17-/m0/s1. The molecule has 1 heterocycles. The topological polar surface area (TPSA) is 49.9 Å². The van der Waals surface area contributed by atoms with Crippen LogP contribution in [-0.2, 0) is 11.3 Å². The van der Waals surface area contributed by atoms with Crippen molar-refractivity contribution in [1.82, 2.24) is 5.32 Å². The fourth-order valence-electron chi connectivity index (χ4n) is 3.32. The SMILES string of the molecule is CC[NH+](CC(=O)N[C@@H](C)c1cc2ccccc2o1)Cc1ccc(N(C)C)cc1. The van der Waals surface area contributed by atoms with E-state index < -0.39 is 0 Å². The third-order valence-corrected chi connectivity index (χ3v) is 5.07. The number of rotatable bonds is 8. The van der Waals surface area contributed by atoms with Crippen molar-refractivity contribution in [3.63, 3.8) is 0 Å². The van der Waals surface area contributed by atoms with Gasteiger partial charge in [-0.15, -0.1) is 0 Å². The number of nitrogens with zero attached hydrogens (tertiary/aromatic N) is 1. The Hall–Kier alpha value is -2.79. The Morgan fingerprint density at radius 3 is 2.50 bits per heavy atom. The minimum atomic E-state index is -0.155. The van der Waals surface area contributed by atoms with Gasteiger partial charge in [0.1, 0.15) is 17.9 Å². The molecule has 0 aliphatic rings. The molecule has 0 fully saturated rings. The molecular formula is C23H30N3O2+. The van der Waals surface area contributed by atoms with Gasteiger partial charge in [-0.3, -0.25) is 4.79 Å². The summed E-state index contributed by atoms with van der Waals surface area (Å²) in [6, 6.07) is 18.2. The summed E-state index contributed by atoms with van der Waals surface area (Å²) >= 11 is 0. The molecule has 5 nitrogen and oxygen atoms in total. The molecule has 5 heteroatoms. The van der Waals surface area contributed by atoms with Gasteiger partial charge in [-0.2, -0.15) is 0 Å². The highest BCUT2D eigenvalue weighted by atomic mass is 16.3. The van der Waals surface area contributed by atoms with E-state index in [-0.39, 0.29) is 11.9 Å². The van der Waals surface area contributed by atoms with E-state index in [0.29, 0.717) is 6.54 Å². The summed E-state index contributed by atoms with van der Waals surface area (Å²) in [5.41, 5.74) is 3.26. The summed E-state index contributed by atoms with van der Waals surface area (Å²) in [5, 5.41) is 4.13. The lowest BCUT2D eigenvalue weighted by molar-refractivity contribution is -0.904. The number of nitrogens with one attached hydrogen (secondary N) is 2. The largest absolute Gasteiger partial charge is 0.459 e. The Morgan fingerprint density at radius 1 is 1.14 bits per heavy atom. The Morgan fingerprint density at radius 2 is 1.86 bits per heavy atom. The van der Waals surface area contributed by atoms with Crippen LogP contribution in [0, 0.1) is 0 Å². The Kier molecular flexibility index (Phi) is 6.37. The van der Waals surface area contributed by atoms with E-state index >= 15 is 0 Å². The Labute approximate surface area is 166 Å². The molecule has 0 saturated carbocycles. The number of furan rings is 1. The highest BCUT2D eigenvalue weighted by molar-refractivity contribution is 5.79. The van der Waals surface area contributed by atoms with Gasteiger partial charge in [0.2, 0.25) is 0 Å². The van der Waals surface area contributed by atoms with Crippen molar-refractivity contribution < 1.29 is 14.1 Å². The minimum Gasteiger partial charge on any atom is -0.459 e. The van der Waals surface area contributed by atoms with Crippen LogP contribution < -0.4 is 15.1 Å². The van der Waals surface area contributed by atoms with Gasteiger partial charge in [0, 0.05) is 30.7 Å². The van der Waals surface area contributed by atoms with Gasteiger partial charge >= 0.3 is 0 Å². The first-order chi connectivity index (χ1) is 13.5. The van der Waals surface area contributed by atoms with Crippen LogP contribution in [0.5, 0.6) is 0 Å². The van der Waals surface area contributed by atoms with Crippen LogP contribution in [-0.4, -0.2) is 33.1 Å². The highest BCUT2D eigenvalue weighted by Gasteiger charge is 2.18. The molecular weight excluding hydrogens is 350 g/mol. The smallest absolute Gasteiger partial charge is 0.275 e. The van der Waals surface area contributed by atoms with Crippen molar-refractivity contribution in [2.24, 2.45) is 0 Å². The summed E-state index contributed by atoms with van der Waals surface area (Å²) in [7, 11) is 4.07. The van der Waals surface area contributed by atoms with Gasteiger partial charge in [-0.25, -0.2) is 0 Å². The fourth-order valence-corrected chi connectivity index (χ4v) is 3.32. The molecule has 0 spiro atoms. The first-order valence-electron chi connectivity index (χ1n) is 9.84. The summed E-state index contributed by atoms with van der Waals surface area (Å²) in [6.45, 7) is 6.23. The Balaban J connectivity index is 1.57. The average Bonchev–Trinajstić information content (AvgIpc) is 3.12. The number of amides is 1. The van der Waals surface area contributed by atoms with E-state index in [1.807, 2.05) is 51.4 Å². The zero-order valence-electron chi connectivity index (χ0n) is 17.2. The lowest BCUT2D eigenvalue weighted by Crippen LogP contribution is -3.11. The van der Waals surface area contributed by atoms with Crippen LogP contribution in [0.25, 0.3) is 11.0 Å². The molecule has 2 aromatic carbocycles. The first kappa shape index (κ1) is 20.0. The van der Waals surface area contributed by atoms with Gasteiger partial charge in [-0.05, 0) is 38.1 Å². The minimum absolute atomic E-state index is 0.0368. The zero-order valence-corrected chi connectivity index (χ0v) is 17.2. The molecule has 28 heavy (non-hydrogen) atoms. The summed E-state index contributed by atoms with van der Waals surface area (Å²) in [6.07, 6.45) is 0. The van der Waals surface area contributed by atoms with E-state index in [4.69, 9.17) is 4.42 Å². The summed E-state index contributed by atoms with van der Waals surface area (Å²) < 4.78 is 5.86. The maximum absolute atomic E-state index is 12.6. The van der Waals surface area contributed by atoms with E-state index in [1.54, 1.807) is 0 Å². The predicted octanol–water partition coefficient (Wildman–Crippen LogP) is 2.78. The van der Waals surface area contributed by atoms with Gasteiger partial charge in [0.15, 0.2) is 6.54 Å². The molecule has 2 atom stereocenters. The maximum Gasteiger partial charge on any atom is 0.275 e. The second-order valence-electron chi connectivity index (χ2n) is 7.49. The third kappa shape index (κ3) is 4.93. The number of benzene rings is 2. The predicted molar refractivity (Wildman–Crippen MR) is 114 cm³/mol. The zero-order chi connectivity index (χ0) is 20.1. The van der Waals surface area contributed by atoms with Gasteiger partial charge < -0.3 is 19.5 Å². The number of fused-ring (bicyclic) bond motifs is 1. The second kappa shape index (κ2) is 8.93. The van der Waals surface area contributed by atoms with Crippen LogP contribution in [0.3, 0.4) is 0 Å². The van der Waals surface area contributed by atoms with Crippen molar-refractivity contribution in [2.45, 2.75) is 26.4 Å². The van der Waals surface area contributed by atoms with E-state index in [2.05, 4.69) is 41.4 Å². The van der Waals surface area contributed by atoms with Crippen LogP contribution >= 0.6 is 0 Å². The molecule has 0 saturated heterocycles. The Bertz CT molecular complexity index is 882. The van der Waals surface area contributed by atoms with Crippen LogP contribution in [0.4, 0.5) is 5.69 Å². The fraction of sp³-hybridized carbons (Fsp3) is 0.348. The van der Waals surface area contributed by atoms with E-state index in [0.717, 1.165) is 29.8 Å². The first-order valence-corrected chi connectivity index (χ1v) is 9.84. The number of quaternary nitrogens is 1. The van der Waals surface area contributed by atoms with Gasteiger partial charge in [0.05, 0.1) is 12.6 Å². The number of carbonyl (C=O) groups is 1. The number of anilines is 1. The number of likely N-dealkylation sites (N-methyl/N-ethyl adjacent to an activating group) is 1. The van der Waals surface area contributed by atoms with Crippen LogP contribution in [0.15, 0.2) is 59.0 Å². The molecule has 0 aliphatic carbocycles. The van der Waals surface area contributed by atoms with E-state index in [1.165, 1.54) is 16.2 Å². The monoisotopic (exact) mass is 380 g/mol. The second-order valence-corrected chi connectivity index (χ2v) is 7.49. The van der Waals surface area contributed by atoms with Crippen LogP contribution in [0.1, 0.15) is 31.2 Å². The van der Waals surface area contributed by atoms with Crippen molar-refractivity contribution >= 4 is 22.6 Å². The number of para-hydroxylation sites is 1. The normalized spacial score (nSPS) is 13.3. The molecule has 3 aromatic rings. The average molecular weight is 381 g/mol. The molecule has 0 bridgehead atoms. The maximum atomic E-state index is 12.6. The quantitative estimate of drug-likeness (QED) is 0.632. The third-order valence-electron chi connectivity index (χ3n) is 5.07. The van der Waals surface area contributed by atoms with E-state index in [9.17, 15) is 4.79 Å². The number of carbonyl (C=O) groups excluding carboxylic acids is 1. The van der Waals surface area contributed by atoms with Crippen LogP contribution in [0.2, 0.25) is 0 Å². The molecule has 148 valence electrons. The molecule has 1 unspecified atom stereocenters. The molecule has 0 radical (unpaired) electrons. The highest BCUT2D eigenvalue weighted by Crippen LogP contribution is 2.23. The van der Waals surface area contributed by atoms with Crippen molar-refractivity contribution in [3.05, 3.63) is 65.9 Å². The lowest BCUT2D eigenvalue weighted by atomic mass is 10.2. The van der Waals surface area contributed by atoms with Crippen molar-refractivity contribution in [3.8, 4) is 0 Å². The lowest BCUT2D eigenvalue weighted by Gasteiger charge is -2.19. The molecule has 2 N–H and O–H groups in total. The van der Waals surface area contributed by atoms with Gasteiger partial charge in [-0.1, -0.05) is 30.3 Å². The number of hydrogen-bond donors (Lipinski definition) is 2. The molecule has 3 rings (SSSR count). The van der Waals surface area contributed by atoms with Gasteiger partial charge in [0.25, 0.3) is 5.91 Å². The summed E-state index contributed by atoms with van der Waals surface area (Å²) in [4.78, 5) is 15.9. The molecule has 0 aliphatic heterocycles. The van der Waals surface area contributed by atoms with Crippen molar-refractivity contribution in [2.75, 3.05) is 32.1 Å². The van der Waals surface area contributed by atoms with Crippen molar-refractivity contribution in [1.29, 1.82) is 0 Å². The molecule has 1 amide bonds. The molecule has 1 aromatic heterocycles.